The molecule has 0 aromatic carbocycles. The van der Waals surface area contributed by atoms with Crippen LogP contribution in [0.5, 0.6) is 0 Å². The Morgan fingerprint density at radius 1 is 1.15 bits per heavy atom. The second kappa shape index (κ2) is 8.62. The van der Waals surface area contributed by atoms with Gasteiger partial charge in [0.1, 0.15) is 5.54 Å². The standard InChI is InChI=1S/C13H27BN2O4/c15-13(12(17)18,6-2-3-8-14(19)20)7-11-16-9-4-1-5-10-16/h19-20H,1-11,15H2,(H,17,18). The number of likely N-dealkylation sites (tertiary alicyclic amines) is 1. The molecule has 1 fully saturated rings. The van der Waals surface area contributed by atoms with E-state index in [1.54, 1.807) is 0 Å². The second-order valence-corrected chi connectivity index (χ2v) is 5.84. The van der Waals surface area contributed by atoms with Crippen molar-refractivity contribution in [1.29, 1.82) is 0 Å². The second-order valence-electron chi connectivity index (χ2n) is 5.84. The lowest BCUT2D eigenvalue weighted by molar-refractivity contribution is -0.144. The van der Waals surface area contributed by atoms with E-state index in [4.69, 9.17) is 15.8 Å². The number of carboxylic acids is 1. The van der Waals surface area contributed by atoms with Gasteiger partial charge in [-0.3, -0.25) is 4.79 Å². The Kier molecular flexibility index (Phi) is 7.51. The predicted octanol–water partition coefficient (Wildman–Crippen LogP) is 0.288. The molecule has 6 nitrogen and oxygen atoms in total. The first kappa shape index (κ1) is 17.4. The number of unbranched alkanes of at least 4 members (excludes halogenated alkanes) is 1. The van der Waals surface area contributed by atoms with Gasteiger partial charge in [0, 0.05) is 6.54 Å². The molecule has 1 heterocycles. The first-order valence-corrected chi connectivity index (χ1v) is 7.55. The maximum atomic E-state index is 11.4. The summed E-state index contributed by atoms with van der Waals surface area (Å²) in [5, 5.41) is 26.9. The highest BCUT2D eigenvalue weighted by Crippen LogP contribution is 2.19. The van der Waals surface area contributed by atoms with E-state index < -0.39 is 18.6 Å². The molecule has 1 saturated heterocycles. The van der Waals surface area contributed by atoms with Crippen LogP contribution in [0.25, 0.3) is 0 Å². The highest BCUT2D eigenvalue weighted by Gasteiger charge is 2.33. The van der Waals surface area contributed by atoms with Gasteiger partial charge in [-0.05, 0) is 45.1 Å². The normalized spacial score (nSPS) is 19.6. The zero-order valence-electron chi connectivity index (χ0n) is 12.1. The monoisotopic (exact) mass is 286 g/mol. The van der Waals surface area contributed by atoms with Crippen molar-refractivity contribution in [3.05, 3.63) is 0 Å². The van der Waals surface area contributed by atoms with Crippen molar-refractivity contribution < 1.29 is 19.9 Å². The maximum Gasteiger partial charge on any atom is 0.451 e. The van der Waals surface area contributed by atoms with E-state index in [0.29, 0.717) is 25.7 Å². The fraction of sp³-hybridized carbons (Fsp3) is 0.923. The summed E-state index contributed by atoms with van der Waals surface area (Å²) >= 11 is 0. The van der Waals surface area contributed by atoms with Crippen molar-refractivity contribution in [2.45, 2.75) is 56.8 Å². The summed E-state index contributed by atoms with van der Waals surface area (Å²) in [6.07, 6.45) is 5.88. The van der Waals surface area contributed by atoms with Gasteiger partial charge >= 0.3 is 13.1 Å². The Balaban J connectivity index is 2.34. The number of carbonyl (C=O) groups is 1. The number of hydrogen-bond donors (Lipinski definition) is 4. The summed E-state index contributed by atoms with van der Waals surface area (Å²) in [5.74, 6) is -0.959. The third kappa shape index (κ3) is 6.22. The van der Waals surface area contributed by atoms with Crippen LogP contribution in [-0.2, 0) is 4.79 Å². The van der Waals surface area contributed by atoms with Crippen LogP contribution in [0.4, 0.5) is 0 Å². The summed E-state index contributed by atoms with van der Waals surface area (Å²) < 4.78 is 0. The number of nitrogens with zero attached hydrogens (tertiary/aromatic N) is 1. The van der Waals surface area contributed by atoms with Crippen molar-refractivity contribution in [2.75, 3.05) is 19.6 Å². The summed E-state index contributed by atoms with van der Waals surface area (Å²) in [5.41, 5.74) is 4.83. The smallest absolute Gasteiger partial charge is 0.451 e. The molecule has 1 aliphatic heterocycles. The van der Waals surface area contributed by atoms with Gasteiger partial charge in [-0.25, -0.2) is 0 Å². The molecule has 5 N–H and O–H groups in total. The Morgan fingerprint density at radius 2 is 1.80 bits per heavy atom. The SMILES string of the molecule is NC(CCCCB(O)O)(CCN1CCCCC1)C(=O)O. The summed E-state index contributed by atoms with van der Waals surface area (Å²) in [6.45, 7) is 2.80. The topological polar surface area (TPSA) is 107 Å². The first-order chi connectivity index (χ1) is 9.44. The van der Waals surface area contributed by atoms with Gasteiger partial charge in [0.25, 0.3) is 0 Å². The van der Waals surface area contributed by atoms with Crippen LogP contribution >= 0.6 is 0 Å². The lowest BCUT2D eigenvalue weighted by atomic mass is 9.81. The lowest BCUT2D eigenvalue weighted by Gasteiger charge is -2.31. The highest BCUT2D eigenvalue weighted by molar-refractivity contribution is 6.40. The van der Waals surface area contributed by atoms with Crippen molar-refractivity contribution in [1.82, 2.24) is 4.90 Å². The van der Waals surface area contributed by atoms with Crippen LogP contribution in [0.15, 0.2) is 0 Å². The van der Waals surface area contributed by atoms with Crippen molar-refractivity contribution in [3.8, 4) is 0 Å². The molecule has 116 valence electrons. The molecular formula is C13H27BN2O4. The largest absolute Gasteiger partial charge is 0.480 e. The number of hydrogen-bond acceptors (Lipinski definition) is 5. The van der Waals surface area contributed by atoms with Gasteiger partial charge in [0.05, 0.1) is 0 Å². The summed E-state index contributed by atoms with van der Waals surface area (Å²) in [4.78, 5) is 13.7. The first-order valence-electron chi connectivity index (χ1n) is 7.55. The van der Waals surface area contributed by atoms with E-state index in [2.05, 4.69) is 4.90 Å². The van der Waals surface area contributed by atoms with Crippen molar-refractivity contribution in [3.63, 3.8) is 0 Å². The zero-order chi connectivity index (χ0) is 15.0. The molecule has 1 rings (SSSR count). The molecule has 0 amide bonds. The minimum Gasteiger partial charge on any atom is -0.480 e. The molecule has 7 heteroatoms. The number of carboxylic acid groups (broad SMARTS) is 1. The van der Waals surface area contributed by atoms with Crippen molar-refractivity contribution in [2.24, 2.45) is 5.73 Å². The van der Waals surface area contributed by atoms with Crippen LogP contribution in [0, 0.1) is 0 Å². The van der Waals surface area contributed by atoms with E-state index >= 15 is 0 Å². The average molecular weight is 286 g/mol. The maximum absolute atomic E-state index is 11.4. The molecule has 1 aliphatic rings. The number of aliphatic carboxylic acids is 1. The quantitative estimate of drug-likeness (QED) is 0.358. The third-order valence-corrected chi connectivity index (χ3v) is 4.08. The zero-order valence-corrected chi connectivity index (χ0v) is 12.1. The molecule has 0 radical (unpaired) electrons. The van der Waals surface area contributed by atoms with Crippen molar-refractivity contribution >= 4 is 13.1 Å². The van der Waals surface area contributed by atoms with E-state index in [-0.39, 0.29) is 6.32 Å². The Bertz CT molecular complexity index is 298. The summed E-state index contributed by atoms with van der Waals surface area (Å²) in [7, 11) is -1.32. The Labute approximate surface area is 121 Å². The van der Waals surface area contributed by atoms with Crippen LogP contribution in [0.1, 0.15) is 44.9 Å². The molecule has 0 spiro atoms. The van der Waals surface area contributed by atoms with Gasteiger partial charge < -0.3 is 25.8 Å². The van der Waals surface area contributed by atoms with E-state index in [1.165, 1.54) is 19.3 Å². The van der Waals surface area contributed by atoms with Gasteiger partial charge in [-0.15, -0.1) is 0 Å². The number of rotatable bonds is 9. The van der Waals surface area contributed by atoms with Gasteiger partial charge in [-0.2, -0.15) is 0 Å². The average Bonchev–Trinajstić information content (AvgIpc) is 2.42. The predicted molar refractivity (Wildman–Crippen MR) is 78.3 cm³/mol. The Hall–Kier alpha value is -0.625. The molecule has 0 saturated carbocycles. The fourth-order valence-electron chi connectivity index (χ4n) is 2.65. The molecule has 20 heavy (non-hydrogen) atoms. The molecule has 0 aromatic heterocycles. The van der Waals surface area contributed by atoms with E-state index in [9.17, 15) is 9.90 Å². The fourth-order valence-corrected chi connectivity index (χ4v) is 2.65. The van der Waals surface area contributed by atoms with Crippen LogP contribution in [0.3, 0.4) is 0 Å². The Morgan fingerprint density at radius 3 is 2.35 bits per heavy atom. The minimum absolute atomic E-state index is 0.266. The molecule has 0 bridgehead atoms. The lowest BCUT2D eigenvalue weighted by Crippen LogP contribution is -2.50. The van der Waals surface area contributed by atoms with Gasteiger partial charge in [0.15, 0.2) is 0 Å². The molecular weight excluding hydrogens is 259 g/mol. The van der Waals surface area contributed by atoms with Crippen LogP contribution in [0.2, 0.25) is 6.32 Å². The summed E-state index contributed by atoms with van der Waals surface area (Å²) in [6, 6.07) is 0. The third-order valence-electron chi connectivity index (χ3n) is 4.08. The number of piperidine rings is 1. The van der Waals surface area contributed by atoms with Gasteiger partial charge in [0.2, 0.25) is 0 Å². The molecule has 0 aromatic rings. The van der Waals surface area contributed by atoms with E-state index in [0.717, 1.165) is 19.6 Å². The highest BCUT2D eigenvalue weighted by atomic mass is 16.4. The molecule has 0 aliphatic carbocycles. The molecule has 1 atom stereocenters. The number of nitrogens with two attached hydrogens (primary N) is 1. The van der Waals surface area contributed by atoms with Gasteiger partial charge in [-0.1, -0.05) is 19.3 Å². The minimum atomic E-state index is -1.32. The van der Waals surface area contributed by atoms with E-state index in [1.807, 2.05) is 0 Å². The van der Waals surface area contributed by atoms with Crippen LogP contribution < -0.4 is 5.73 Å². The van der Waals surface area contributed by atoms with Crippen LogP contribution in [-0.4, -0.2) is 58.3 Å². The molecule has 1 unspecified atom stereocenters.